The molecule has 0 radical (unpaired) electrons. The fraction of sp³-hybridized carbons (Fsp3) is 0.125. The van der Waals surface area contributed by atoms with Crippen molar-refractivity contribution in [3.8, 4) is 5.82 Å². The van der Waals surface area contributed by atoms with Crippen molar-refractivity contribution in [2.75, 3.05) is 12.4 Å². The zero-order chi connectivity index (χ0) is 9.97. The van der Waals surface area contributed by atoms with Gasteiger partial charge in [-0.3, -0.25) is 0 Å². The maximum Gasteiger partial charge on any atom is 0.224 e. The van der Waals surface area contributed by atoms with Crippen LogP contribution in [0.3, 0.4) is 0 Å². The number of halogens is 1. The highest BCUT2D eigenvalue weighted by molar-refractivity contribution is 6.30. The number of rotatable bonds is 2. The lowest BCUT2D eigenvalue weighted by atomic mass is 10.6. The summed E-state index contributed by atoms with van der Waals surface area (Å²) in [7, 11) is 1.76. The Morgan fingerprint density at radius 1 is 1.50 bits per heavy atom. The van der Waals surface area contributed by atoms with Gasteiger partial charge in [-0.1, -0.05) is 11.6 Å². The van der Waals surface area contributed by atoms with E-state index in [1.807, 2.05) is 0 Å². The van der Waals surface area contributed by atoms with Crippen molar-refractivity contribution in [3.63, 3.8) is 0 Å². The summed E-state index contributed by atoms with van der Waals surface area (Å²) >= 11 is 5.74. The molecule has 6 heteroatoms. The Labute approximate surface area is 85.8 Å². The molecule has 0 atom stereocenters. The van der Waals surface area contributed by atoms with Crippen LogP contribution in [0.5, 0.6) is 0 Å². The van der Waals surface area contributed by atoms with Gasteiger partial charge in [0.05, 0.1) is 17.4 Å². The molecule has 5 nitrogen and oxygen atoms in total. The van der Waals surface area contributed by atoms with E-state index in [0.29, 0.717) is 16.8 Å². The second-order valence-corrected chi connectivity index (χ2v) is 3.03. The molecule has 2 aromatic heterocycles. The van der Waals surface area contributed by atoms with Crippen LogP contribution in [0.25, 0.3) is 5.82 Å². The first-order valence-corrected chi connectivity index (χ1v) is 4.39. The van der Waals surface area contributed by atoms with Gasteiger partial charge in [-0.05, 0) is 0 Å². The van der Waals surface area contributed by atoms with E-state index >= 15 is 0 Å². The van der Waals surface area contributed by atoms with Crippen LogP contribution < -0.4 is 5.32 Å². The van der Waals surface area contributed by atoms with E-state index in [0.717, 1.165) is 0 Å². The van der Waals surface area contributed by atoms with Crippen molar-refractivity contribution in [1.82, 2.24) is 19.7 Å². The van der Waals surface area contributed by atoms with Crippen molar-refractivity contribution < 1.29 is 0 Å². The van der Waals surface area contributed by atoms with Crippen LogP contribution in [0, 0.1) is 0 Å². The number of hydrogen-bond acceptors (Lipinski definition) is 4. The maximum absolute atomic E-state index is 5.74. The Morgan fingerprint density at radius 3 is 3.00 bits per heavy atom. The van der Waals surface area contributed by atoms with Crippen LogP contribution in [0.1, 0.15) is 0 Å². The number of nitrogens with zero attached hydrogens (tertiary/aromatic N) is 4. The summed E-state index contributed by atoms with van der Waals surface area (Å²) in [6.07, 6.45) is 4.90. The maximum atomic E-state index is 5.74. The van der Waals surface area contributed by atoms with Crippen molar-refractivity contribution in [3.05, 3.63) is 29.7 Å². The van der Waals surface area contributed by atoms with Gasteiger partial charge in [0.2, 0.25) is 5.95 Å². The molecule has 1 N–H and O–H groups in total. The zero-order valence-electron chi connectivity index (χ0n) is 7.48. The van der Waals surface area contributed by atoms with Gasteiger partial charge < -0.3 is 5.32 Å². The van der Waals surface area contributed by atoms with Crippen LogP contribution in [-0.4, -0.2) is 26.8 Å². The minimum Gasteiger partial charge on any atom is -0.357 e. The Bertz CT molecular complexity index is 439. The summed E-state index contributed by atoms with van der Waals surface area (Å²) in [5.41, 5.74) is 0. The number of hydrogen-bond donors (Lipinski definition) is 1. The molecular weight excluding hydrogens is 202 g/mol. The predicted octanol–water partition coefficient (Wildman–Crippen LogP) is 1.36. The molecule has 0 saturated heterocycles. The van der Waals surface area contributed by atoms with Crippen LogP contribution in [-0.2, 0) is 0 Å². The van der Waals surface area contributed by atoms with Crippen molar-refractivity contribution in [1.29, 1.82) is 0 Å². The van der Waals surface area contributed by atoms with Gasteiger partial charge in [-0.25, -0.2) is 9.67 Å². The fourth-order valence-corrected chi connectivity index (χ4v) is 1.16. The summed E-state index contributed by atoms with van der Waals surface area (Å²) in [5, 5.41) is 7.45. The smallest absolute Gasteiger partial charge is 0.224 e. The van der Waals surface area contributed by atoms with Gasteiger partial charge in [0, 0.05) is 19.3 Å². The van der Waals surface area contributed by atoms with E-state index in [-0.39, 0.29) is 0 Å². The van der Waals surface area contributed by atoms with E-state index in [9.17, 15) is 0 Å². The molecule has 2 aromatic rings. The summed E-state index contributed by atoms with van der Waals surface area (Å²) in [6.45, 7) is 0. The minimum absolute atomic E-state index is 0.550. The quantitative estimate of drug-likeness (QED) is 0.812. The normalized spacial score (nSPS) is 10.1. The lowest BCUT2D eigenvalue weighted by Gasteiger charge is -2.01. The number of anilines is 1. The van der Waals surface area contributed by atoms with E-state index in [4.69, 9.17) is 11.6 Å². The lowest BCUT2D eigenvalue weighted by Crippen LogP contribution is -2.02. The minimum atomic E-state index is 0.550. The fourth-order valence-electron chi connectivity index (χ4n) is 1.02. The van der Waals surface area contributed by atoms with E-state index < -0.39 is 0 Å². The van der Waals surface area contributed by atoms with Gasteiger partial charge in [0.1, 0.15) is 0 Å². The molecule has 0 saturated carbocycles. The van der Waals surface area contributed by atoms with Crippen LogP contribution in [0.4, 0.5) is 5.95 Å². The van der Waals surface area contributed by atoms with Crippen LogP contribution in [0.2, 0.25) is 5.02 Å². The molecule has 0 aliphatic heterocycles. The SMILES string of the molecule is CNc1nccc(-n2cc(Cl)cn2)n1. The topological polar surface area (TPSA) is 55.6 Å². The molecule has 0 spiro atoms. The third kappa shape index (κ3) is 1.67. The van der Waals surface area contributed by atoms with Crippen molar-refractivity contribution in [2.24, 2.45) is 0 Å². The third-order valence-electron chi connectivity index (χ3n) is 1.65. The Morgan fingerprint density at radius 2 is 2.36 bits per heavy atom. The molecule has 2 heterocycles. The van der Waals surface area contributed by atoms with Crippen molar-refractivity contribution >= 4 is 17.5 Å². The Balaban J connectivity index is 2.41. The molecule has 14 heavy (non-hydrogen) atoms. The molecular formula is C8H8ClN5. The van der Waals surface area contributed by atoms with Gasteiger partial charge in [-0.2, -0.15) is 10.1 Å². The number of nitrogens with one attached hydrogen (secondary N) is 1. The summed E-state index contributed by atoms with van der Waals surface area (Å²) in [4.78, 5) is 8.19. The zero-order valence-corrected chi connectivity index (χ0v) is 8.23. The first-order chi connectivity index (χ1) is 6.79. The van der Waals surface area contributed by atoms with Gasteiger partial charge in [-0.15, -0.1) is 0 Å². The average molecular weight is 210 g/mol. The Hall–Kier alpha value is -1.62. The number of aromatic nitrogens is 4. The van der Waals surface area contributed by atoms with Crippen molar-refractivity contribution in [2.45, 2.75) is 0 Å². The van der Waals surface area contributed by atoms with E-state index in [1.165, 1.54) is 0 Å². The second kappa shape index (κ2) is 3.63. The summed E-state index contributed by atoms with van der Waals surface area (Å²) in [6, 6.07) is 1.75. The molecule has 0 amide bonds. The average Bonchev–Trinajstić information content (AvgIpc) is 2.65. The highest BCUT2D eigenvalue weighted by Gasteiger charge is 2.01. The van der Waals surface area contributed by atoms with Gasteiger partial charge in [0.15, 0.2) is 5.82 Å². The molecule has 0 unspecified atom stereocenters. The van der Waals surface area contributed by atoms with Crippen LogP contribution in [0.15, 0.2) is 24.7 Å². The lowest BCUT2D eigenvalue weighted by molar-refractivity contribution is 0.841. The van der Waals surface area contributed by atoms with Gasteiger partial charge in [0.25, 0.3) is 0 Å². The largest absolute Gasteiger partial charge is 0.357 e. The summed E-state index contributed by atoms with van der Waals surface area (Å²) in [5.74, 6) is 1.23. The highest BCUT2D eigenvalue weighted by Crippen LogP contribution is 2.10. The molecule has 0 fully saturated rings. The molecule has 0 aliphatic rings. The Kier molecular flexibility index (Phi) is 2.32. The predicted molar refractivity (Wildman–Crippen MR) is 53.7 cm³/mol. The summed E-state index contributed by atoms with van der Waals surface area (Å²) < 4.78 is 1.59. The molecule has 0 bridgehead atoms. The van der Waals surface area contributed by atoms with Gasteiger partial charge >= 0.3 is 0 Å². The van der Waals surface area contributed by atoms with E-state index in [1.54, 1.807) is 36.4 Å². The third-order valence-corrected chi connectivity index (χ3v) is 1.85. The second-order valence-electron chi connectivity index (χ2n) is 2.59. The van der Waals surface area contributed by atoms with Crippen LogP contribution >= 0.6 is 11.6 Å². The molecule has 0 aromatic carbocycles. The first kappa shape index (κ1) is 8.96. The standard InChI is InChI=1S/C8H8ClN5/c1-10-8-11-3-2-7(13-8)14-5-6(9)4-12-14/h2-5H,1H3,(H,10,11,13). The molecule has 0 aliphatic carbocycles. The van der Waals surface area contributed by atoms with E-state index in [2.05, 4.69) is 20.4 Å². The molecule has 72 valence electrons. The first-order valence-electron chi connectivity index (χ1n) is 4.01. The monoisotopic (exact) mass is 209 g/mol. The molecule has 2 rings (SSSR count). The highest BCUT2D eigenvalue weighted by atomic mass is 35.5.